The Morgan fingerprint density at radius 1 is 0.967 bits per heavy atom. The van der Waals surface area contributed by atoms with Gasteiger partial charge < -0.3 is 24.4 Å². The number of methoxy groups -OCH3 is 3. The number of nitrogens with one attached hydrogen (secondary N) is 1. The van der Waals surface area contributed by atoms with E-state index in [1.54, 1.807) is 21.3 Å². The number of benzene rings is 2. The third-order valence-corrected chi connectivity index (χ3v) is 5.25. The molecule has 164 valence electrons. The van der Waals surface area contributed by atoms with E-state index in [1.807, 2.05) is 26.2 Å². The van der Waals surface area contributed by atoms with Gasteiger partial charge in [-0.1, -0.05) is 31.2 Å². The highest BCUT2D eigenvalue weighted by atomic mass is 16.5. The number of amides is 1. The van der Waals surface area contributed by atoms with Gasteiger partial charge in [0.1, 0.15) is 0 Å². The molecule has 6 heteroatoms. The molecule has 0 heterocycles. The Hall–Kier alpha value is -2.73. The van der Waals surface area contributed by atoms with Crippen molar-refractivity contribution < 1.29 is 19.0 Å². The molecule has 0 aliphatic rings. The zero-order valence-corrected chi connectivity index (χ0v) is 19.0. The van der Waals surface area contributed by atoms with Crippen LogP contribution in [0.2, 0.25) is 0 Å². The molecular weight excluding hydrogens is 380 g/mol. The lowest BCUT2D eigenvalue weighted by atomic mass is 10.0. The average molecular weight is 415 g/mol. The summed E-state index contributed by atoms with van der Waals surface area (Å²) in [4.78, 5) is 14.6. The van der Waals surface area contributed by atoms with Crippen molar-refractivity contribution in [1.29, 1.82) is 0 Å². The summed E-state index contributed by atoms with van der Waals surface area (Å²) < 4.78 is 16.1. The predicted octanol–water partition coefficient (Wildman–Crippen LogP) is 3.63. The Balaban J connectivity index is 1.97. The van der Waals surface area contributed by atoms with E-state index >= 15 is 0 Å². The van der Waals surface area contributed by atoms with E-state index in [4.69, 9.17) is 14.2 Å². The van der Waals surface area contributed by atoms with Crippen molar-refractivity contribution in [2.24, 2.45) is 0 Å². The maximum Gasteiger partial charge on any atom is 0.220 e. The zero-order valence-electron chi connectivity index (χ0n) is 19.0. The summed E-state index contributed by atoms with van der Waals surface area (Å²) in [6.07, 6.45) is 1.98. The minimum absolute atomic E-state index is 0.0146. The normalized spacial score (nSPS) is 11.8. The van der Waals surface area contributed by atoms with Crippen LogP contribution in [0.4, 0.5) is 0 Å². The fourth-order valence-corrected chi connectivity index (χ4v) is 3.41. The Morgan fingerprint density at radius 3 is 2.03 bits per heavy atom. The summed E-state index contributed by atoms with van der Waals surface area (Å²) in [6, 6.07) is 12.5. The van der Waals surface area contributed by atoms with Crippen molar-refractivity contribution in [2.45, 2.75) is 32.2 Å². The van der Waals surface area contributed by atoms with Crippen LogP contribution >= 0.6 is 0 Å². The fourth-order valence-electron chi connectivity index (χ4n) is 3.41. The number of carbonyl (C=O) groups is 1. The molecule has 0 fully saturated rings. The standard InChI is InChI=1S/C24H34N2O4/c1-7-17-8-11-19(12-9-17)20(26(2)3)16-25-23(27)13-10-18-14-21(28-4)24(30-6)22(15-18)29-5/h8-9,11-12,14-15,20H,7,10,13,16H2,1-6H3,(H,25,27). The van der Waals surface area contributed by atoms with Gasteiger partial charge in [0.2, 0.25) is 11.7 Å². The number of carbonyl (C=O) groups excluding carboxylic acids is 1. The Labute approximate surface area is 180 Å². The molecule has 0 spiro atoms. The van der Waals surface area contributed by atoms with E-state index in [2.05, 4.69) is 41.4 Å². The summed E-state index contributed by atoms with van der Waals surface area (Å²) in [5.74, 6) is 1.75. The average Bonchev–Trinajstić information content (AvgIpc) is 2.77. The first kappa shape index (κ1) is 23.5. The lowest BCUT2D eigenvalue weighted by Crippen LogP contribution is -2.34. The minimum atomic E-state index is 0.0146. The quantitative estimate of drug-likeness (QED) is 0.609. The van der Waals surface area contributed by atoms with Crippen LogP contribution in [-0.4, -0.2) is 52.8 Å². The van der Waals surface area contributed by atoms with Crippen molar-refractivity contribution in [1.82, 2.24) is 10.2 Å². The first-order valence-corrected chi connectivity index (χ1v) is 10.2. The van der Waals surface area contributed by atoms with Gasteiger partial charge in [-0.25, -0.2) is 0 Å². The van der Waals surface area contributed by atoms with Gasteiger partial charge in [-0.15, -0.1) is 0 Å². The van der Waals surface area contributed by atoms with Crippen LogP contribution in [0.25, 0.3) is 0 Å². The van der Waals surface area contributed by atoms with Gasteiger partial charge in [0.05, 0.1) is 27.4 Å². The predicted molar refractivity (Wildman–Crippen MR) is 120 cm³/mol. The summed E-state index contributed by atoms with van der Waals surface area (Å²) in [7, 11) is 8.80. The van der Waals surface area contributed by atoms with Crippen LogP contribution in [0.15, 0.2) is 36.4 Å². The molecule has 0 saturated carbocycles. The second kappa shape index (κ2) is 11.5. The topological polar surface area (TPSA) is 60.0 Å². The van der Waals surface area contributed by atoms with Crippen molar-refractivity contribution in [2.75, 3.05) is 42.0 Å². The summed E-state index contributed by atoms with van der Waals surface area (Å²) in [5, 5.41) is 3.07. The number of aryl methyl sites for hydroxylation is 2. The number of ether oxygens (including phenoxy) is 3. The molecule has 1 atom stereocenters. The molecule has 0 aliphatic heterocycles. The van der Waals surface area contributed by atoms with Crippen molar-refractivity contribution in [3.05, 3.63) is 53.1 Å². The molecule has 6 nitrogen and oxygen atoms in total. The molecule has 0 aliphatic carbocycles. The highest BCUT2D eigenvalue weighted by molar-refractivity contribution is 5.76. The number of rotatable bonds is 11. The molecule has 30 heavy (non-hydrogen) atoms. The molecule has 0 radical (unpaired) electrons. The van der Waals surface area contributed by atoms with Gasteiger partial charge in [-0.3, -0.25) is 4.79 Å². The molecule has 0 saturated heterocycles. The van der Waals surface area contributed by atoms with Crippen molar-refractivity contribution in [3.8, 4) is 17.2 Å². The first-order valence-electron chi connectivity index (χ1n) is 10.2. The molecule has 1 amide bonds. The highest BCUT2D eigenvalue weighted by Gasteiger charge is 2.17. The number of likely N-dealkylation sites (N-methyl/N-ethyl adjacent to an activating group) is 1. The van der Waals surface area contributed by atoms with E-state index in [0.717, 1.165) is 12.0 Å². The molecule has 1 N–H and O–H groups in total. The van der Waals surface area contributed by atoms with Crippen LogP contribution in [0.1, 0.15) is 36.1 Å². The maximum absolute atomic E-state index is 12.5. The van der Waals surface area contributed by atoms with Crippen LogP contribution < -0.4 is 19.5 Å². The van der Waals surface area contributed by atoms with Gasteiger partial charge in [0, 0.05) is 13.0 Å². The molecule has 2 aromatic rings. The van der Waals surface area contributed by atoms with E-state index in [-0.39, 0.29) is 11.9 Å². The van der Waals surface area contributed by atoms with Gasteiger partial charge >= 0.3 is 0 Å². The number of hydrogen-bond donors (Lipinski definition) is 1. The number of nitrogens with zero attached hydrogens (tertiary/aromatic N) is 1. The SMILES string of the molecule is CCc1ccc(C(CNC(=O)CCc2cc(OC)c(OC)c(OC)c2)N(C)C)cc1. The molecule has 1 unspecified atom stereocenters. The Kier molecular flexibility index (Phi) is 8.99. The Morgan fingerprint density at radius 2 is 1.57 bits per heavy atom. The summed E-state index contributed by atoms with van der Waals surface area (Å²) in [5.41, 5.74) is 3.46. The molecule has 2 aromatic carbocycles. The molecule has 0 bridgehead atoms. The lowest BCUT2D eigenvalue weighted by molar-refractivity contribution is -0.121. The number of hydrogen-bond acceptors (Lipinski definition) is 5. The van der Waals surface area contributed by atoms with Crippen LogP contribution in [0.5, 0.6) is 17.2 Å². The lowest BCUT2D eigenvalue weighted by Gasteiger charge is -2.25. The monoisotopic (exact) mass is 414 g/mol. The minimum Gasteiger partial charge on any atom is -0.493 e. The van der Waals surface area contributed by atoms with Gasteiger partial charge in [-0.2, -0.15) is 0 Å². The third kappa shape index (κ3) is 6.13. The van der Waals surface area contributed by atoms with Gasteiger partial charge in [0.15, 0.2) is 11.5 Å². The molecule has 0 aromatic heterocycles. The fraction of sp³-hybridized carbons (Fsp3) is 0.458. The second-order valence-electron chi connectivity index (χ2n) is 7.41. The van der Waals surface area contributed by atoms with E-state index in [1.165, 1.54) is 11.1 Å². The first-order chi connectivity index (χ1) is 14.4. The summed E-state index contributed by atoms with van der Waals surface area (Å²) in [6.45, 7) is 2.71. The van der Waals surface area contributed by atoms with Crippen LogP contribution in [0.3, 0.4) is 0 Å². The Bertz CT molecular complexity index is 793. The largest absolute Gasteiger partial charge is 0.493 e. The van der Waals surface area contributed by atoms with Crippen LogP contribution in [-0.2, 0) is 17.6 Å². The third-order valence-electron chi connectivity index (χ3n) is 5.25. The van der Waals surface area contributed by atoms with Gasteiger partial charge in [0.25, 0.3) is 0 Å². The van der Waals surface area contributed by atoms with Crippen molar-refractivity contribution >= 4 is 5.91 Å². The zero-order chi connectivity index (χ0) is 22.1. The summed E-state index contributed by atoms with van der Waals surface area (Å²) >= 11 is 0. The highest BCUT2D eigenvalue weighted by Crippen LogP contribution is 2.38. The smallest absolute Gasteiger partial charge is 0.220 e. The van der Waals surface area contributed by atoms with Crippen molar-refractivity contribution in [3.63, 3.8) is 0 Å². The van der Waals surface area contributed by atoms with Gasteiger partial charge in [-0.05, 0) is 55.8 Å². The van der Waals surface area contributed by atoms with E-state index in [9.17, 15) is 4.79 Å². The molecule has 2 rings (SSSR count). The maximum atomic E-state index is 12.5. The molecular formula is C24H34N2O4. The van der Waals surface area contributed by atoms with Crippen LogP contribution in [0, 0.1) is 0 Å². The van der Waals surface area contributed by atoms with E-state index in [0.29, 0.717) is 36.6 Å². The second-order valence-corrected chi connectivity index (χ2v) is 7.41. The van der Waals surface area contributed by atoms with E-state index < -0.39 is 0 Å².